The smallest absolute Gasteiger partial charge is 0.255 e. The van der Waals surface area contributed by atoms with Crippen LogP contribution in [0.3, 0.4) is 0 Å². The van der Waals surface area contributed by atoms with E-state index in [0.29, 0.717) is 45.0 Å². The summed E-state index contributed by atoms with van der Waals surface area (Å²) in [4.78, 5) is 31.6. The molecule has 2 amide bonds. The van der Waals surface area contributed by atoms with Gasteiger partial charge in [-0.15, -0.1) is 0 Å². The number of piperazine rings is 1. The highest BCUT2D eigenvalue weighted by molar-refractivity contribution is 5.94. The zero-order valence-corrected chi connectivity index (χ0v) is 12.7. The van der Waals surface area contributed by atoms with E-state index in [9.17, 15) is 9.59 Å². The topological polar surface area (TPSA) is 72.0 Å². The summed E-state index contributed by atoms with van der Waals surface area (Å²) >= 11 is 0. The lowest BCUT2D eigenvalue weighted by Gasteiger charge is -2.34. The second-order valence-corrected chi connectivity index (χ2v) is 4.96. The van der Waals surface area contributed by atoms with Crippen LogP contribution in [0.15, 0.2) is 24.5 Å². The first-order chi connectivity index (χ1) is 10.7. The molecule has 1 aromatic rings. The Labute approximate surface area is 129 Å². The summed E-state index contributed by atoms with van der Waals surface area (Å²) in [7, 11) is 1.59. The van der Waals surface area contributed by atoms with E-state index >= 15 is 0 Å². The second kappa shape index (κ2) is 8.45. The highest BCUT2D eigenvalue weighted by Crippen LogP contribution is 2.08. The molecule has 0 unspecified atom stereocenters. The predicted octanol–water partition coefficient (Wildman–Crippen LogP) is 0.0290. The van der Waals surface area contributed by atoms with E-state index in [1.165, 1.54) is 0 Å². The van der Waals surface area contributed by atoms with Gasteiger partial charge in [0, 0.05) is 45.7 Å². The number of hydrogen-bond acceptors (Lipinski definition) is 5. The first-order valence-corrected chi connectivity index (χ1v) is 7.26. The van der Waals surface area contributed by atoms with Gasteiger partial charge in [0.05, 0.1) is 18.8 Å². The number of nitrogens with zero attached hydrogens (tertiary/aromatic N) is 3. The van der Waals surface area contributed by atoms with Gasteiger partial charge >= 0.3 is 0 Å². The number of hydrogen-bond donors (Lipinski definition) is 0. The molecule has 1 aliphatic rings. The fourth-order valence-corrected chi connectivity index (χ4v) is 2.22. The zero-order chi connectivity index (χ0) is 15.8. The third kappa shape index (κ3) is 4.51. The van der Waals surface area contributed by atoms with Crippen LogP contribution in [-0.4, -0.2) is 79.7 Å². The third-order valence-corrected chi connectivity index (χ3v) is 3.49. The number of carbonyl (C=O) groups is 2. The van der Waals surface area contributed by atoms with E-state index in [0.717, 1.165) is 0 Å². The third-order valence-electron chi connectivity index (χ3n) is 3.49. The van der Waals surface area contributed by atoms with Crippen molar-refractivity contribution in [1.82, 2.24) is 14.8 Å². The van der Waals surface area contributed by atoms with Gasteiger partial charge in [-0.1, -0.05) is 0 Å². The van der Waals surface area contributed by atoms with Crippen LogP contribution in [-0.2, 0) is 14.3 Å². The van der Waals surface area contributed by atoms with Gasteiger partial charge < -0.3 is 19.3 Å². The first-order valence-electron chi connectivity index (χ1n) is 7.26. The summed E-state index contributed by atoms with van der Waals surface area (Å²) in [5.74, 6) is -0.0962. The monoisotopic (exact) mass is 307 g/mol. The van der Waals surface area contributed by atoms with Crippen molar-refractivity contribution in [1.29, 1.82) is 0 Å². The van der Waals surface area contributed by atoms with Crippen LogP contribution in [0, 0.1) is 0 Å². The highest BCUT2D eigenvalue weighted by atomic mass is 16.5. The van der Waals surface area contributed by atoms with Gasteiger partial charge in [-0.2, -0.15) is 0 Å². The lowest BCUT2D eigenvalue weighted by Crippen LogP contribution is -2.51. The Kier molecular flexibility index (Phi) is 6.29. The molecular weight excluding hydrogens is 286 g/mol. The molecule has 2 rings (SSSR count). The molecule has 1 saturated heterocycles. The molecule has 0 saturated carbocycles. The Morgan fingerprint density at radius 2 is 1.91 bits per heavy atom. The van der Waals surface area contributed by atoms with Crippen molar-refractivity contribution in [3.8, 4) is 0 Å². The van der Waals surface area contributed by atoms with Gasteiger partial charge in [0.15, 0.2) is 0 Å². The highest BCUT2D eigenvalue weighted by Gasteiger charge is 2.24. The van der Waals surface area contributed by atoms with Crippen molar-refractivity contribution < 1.29 is 19.1 Å². The van der Waals surface area contributed by atoms with Gasteiger partial charge in [-0.05, 0) is 12.1 Å². The molecule has 0 bridgehead atoms. The van der Waals surface area contributed by atoms with E-state index in [4.69, 9.17) is 9.47 Å². The number of rotatable bonds is 6. The summed E-state index contributed by atoms with van der Waals surface area (Å²) < 4.78 is 10.1. The second-order valence-electron chi connectivity index (χ2n) is 4.96. The molecule has 0 aliphatic carbocycles. The van der Waals surface area contributed by atoms with Crippen LogP contribution >= 0.6 is 0 Å². The summed E-state index contributed by atoms with van der Waals surface area (Å²) in [5, 5.41) is 0. The molecule has 1 aromatic heterocycles. The lowest BCUT2D eigenvalue weighted by atomic mass is 10.2. The maximum Gasteiger partial charge on any atom is 0.255 e. The van der Waals surface area contributed by atoms with Crippen LogP contribution in [0.4, 0.5) is 0 Å². The van der Waals surface area contributed by atoms with Gasteiger partial charge in [0.25, 0.3) is 5.91 Å². The van der Waals surface area contributed by atoms with Crippen molar-refractivity contribution in [2.24, 2.45) is 0 Å². The van der Waals surface area contributed by atoms with Gasteiger partial charge in [0.1, 0.15) is 6.61 Å². The molecule has 0 spiro atoms. The van der Waals surface area contributed by atoms with Crippen LogP contribution in [0.5, 0.6) is 0 Å². The Morgan fingerprint density at radius 3 is 2.55 bits per heavy atom. The average molecular weight is 307 g/mol. The molecule has 2 heterocycles. The lowest BCUT2D eigenvalue weighted by molar-refractivity contribution is -0.138. The molecule has 0 N–H and O–H groups in total. The van der Waals surface area contributed by atoms with E-state index in [1.54, 1.807) is 41.4 Å². The van der Waals surface area contributed by atoms with Crippen molar-refractivity contribution in [2.45, 2.75) is 0 Å². The van der Waals surface area contributed by atoms with E-state index in [2.05, 4.69) is 4.98 Å². The molecule has 7 heteroatoms. The Balaban J connectivity index is 1.75. The number of methoxy groups -OCH3 is 1. The van der Waals surface area contributed by atoms with Crippen molar-refractivity contribution in [2.75, 3.05) is 53.1 Å². The molecule has 1 fully saturated rings. The number of amides is 2. The quantitative estimate of drug-likeness (QED) is 0.693. The summed E-state index contributed by atoms with van der Waals surface area (Å²) in [6.45, 7) is 3.04. The summed E-state index contributed by atoms with van der Waals surface area (Å²) in [6, 6.07) is 3.49. The van der Waals surface area contributed by atoms with Gasteiger partial charge in [0.2, 0.25) is 5.91 Å². The minimum atomic E-state index is -0.0513. The first kappa shape index (κ1) is 16.4. The molecular formula is C15H21N3O4. The Morgan fingerprint density at radius 1 is 1.18 bits per heavy atom. The minimum absolute atomic E-state index is 0.0449. The van der Waals surface area contributed by atoms with E-state index < -0.39 is 0 Å². The Hall–Kier alpha value is -1.99. The summed E-state index contributed by atoms with van der Waals surface area (Å²) in [5.41, 5.74) is 0.574. The molecule has 22 heavy (non-hydrogen) atoms. The molecule has 1 aliphatic heterocycles. The summed E-state index contributed by atoms with van der Waals surface area (Å²) in [6.07, 6.45) is 3.19. The van der Waals surface area contributed by atoms with E-state index in [1.807, 2.05) is 0 Å². The van der Waals surface area contributed by atoms with E-state index in [-0.39, 0.29) is 18.4 Å². The van der Waals surface area contributed by atoms with Gasteiger partial charge in [-0.25, -0.2) is 0 Å². The maximum atomic E-state index is 12.3. The Bertz CT molecular complexity index is 487. The number of ether oxygens (including phenoxy) is 2. The average Bonchev–Trinajstić information content (AvgIpc) is 2.59. The van der Waals surface area contributed by atoms with Crippen molar-refractivity contribution in [3.63, 3.8) is 0 Å². The van der Waals surface area contributed by atoms with Crippen LogP contribution in [0.1, 0.15) is 10.4 Å². The molecule has 0 radical (unpaired) electrons. The SMILES string of the molecule is COCCOCC(=O)N1CCN(C(=O)c2cccnc2)CC1. The number of aromatic nitrogens is 1. The largest absolute Gasteiger partial charge is 0.382 e. The fraction of sp³-hybridized carbons (Fsp3) is 0.533. The fourth-order valence-electron chi connectivity index (χ4n) is 2.22. The van der Waals surface area contributed by atoms with Crippen molar-refractivity contribution in [3.05, 3.63) is 30.1 Å². The molecule has 7 nitrogen and oxygen atoms in total. The van der Waals surface area contributed by atoms with Crippen LogP contribution in [0.2, 0.25) is 0 Å². The van der Waals surface area contributed by atoms with Crippen molar-refractivity contribution >= 4 is 11.8 Å². The van der Waals surface area contributed by atoms with Gasteiger partial charge in [-0.3, -0.25) is 14.6 Å². The van der Waals surface area contributed by atoms with Crippen LogP contribution < -0.4 is 0 Å². The normalized spacial score (nSPS) is 15.0. The van der Waals surface area contributed by atoms with Crippen LogP contribution in [0.25, 0.3) is 0 Å². The standard InChI is InChI=1S/C15H21N3O4/c1-21-9-10-22-12-14(19)17-5-7-18(8-6-17)15(20)13-3-2-4-16-11-13/h2-4,11H,5-10,12H2,1H3. The minimum Gasteiger partial charge on any atom is -0.382 e. The number of carbonyl (C=O) groups excluding carboxylic acids is 2. The number of pyridine rings is 1. The molecule has 0 aromatic carbocycles. The molecule has 0 atom stereocenters. The molecule has 120 valence electrons. The zero-order valence-electron chi connectivity index (χ0n) is 12.7. The predicted molar refractivity (Wildman–Crippen MR) is 79.4 cm³/mol. The maximum absolute atomic E-state index is 12.3.